The number of carboxylic acids is 1. The first-order valence-electron chi connectivity index (χ1n) is 6.12. The number of benzene rings is 1. The van der Waals surface area contributed by atoms with E-state index in [1.807, 2.05) is 0 Å². The van der Waals surface area contributed by atoms with Crippen molar-refractivity contribution >= 4 is 11.9 Å². The van der Waals surface area contributed by atoms with Crippen LogP contribution in [0.25, 0.3) is 0 Å². The summed E-state index contributed by atoms with van der Waals surface area (Å²) < 4.78 is 5.27. The van der Waals surface area contributed by atoms with E-state index in [9.17, 15) is 19.8 Å². The summed E-state index contributed by atoms with van der Waals surface area (Å²) in [5.41, 5.74) is -0.177. The molecular formula is C13H15NO6. The highest BCUT2D eigenvalue weighted by molar-refractivity contribution is 5.99. The highest BCUT2D eigenvalue weighted by Crippen LogP contribution is 2.28. The number of rotatable bonds is 3. The number of aliphatic carboxylic acids is 1. The van der Waals surface area contributed by atoms with Crippen molar-refractivity contribution in [2.45, 2.75) is 12.5 Å². The number of carbonyl (C=O) groups excluding carboxylic acids is 1. The fourth-order valence-corrected chi connectivity index (χ4v) is 2.13. The summed E-state index contributed by atoms with van der Waals surface area (Å²) in [7, 11) is 0. The largest absolute Gasteiger partial charge is 0.507 e. The zero-order valence-electron chi connectivity index (χ0n) is 10.7. The molecule has 0 radical (unpaired) electrons. The molecule has 1 amide bonds. The first-order chi connectivity index (χ1) is 9.49. The molecule has 1 aromatic carbocycles. The van der Waals surface area contributed by atoms with Gasteiger partial charge in [0.1, 0.15) is 17.1 Å². The molecule has 0 aliphatic carbocycles. The van der Waals surface area contributed by atoms with E-state index in [4.69, 9.17) is 9.84 Å². The monoisotopic (exact) mass is 281 g/mol. The van der Waals surface area contributed by atoms with Crippen LogP contribution < -0.4 is 0 Å². The van der Waals surface area contributed by atoms with E-state index in [1.54, 1.807) is 0 Å². The van der Waals surface area contributed by atoms with Gasteiger partial charge in [-0.25, -0.2) is 0 Å². The Morgan fingerprint density at radius 2 is 1.95 bits per heavy atom. The molecule has 20 heavy (non-hydrogen) atoms. The Labute approximate surface area is 115 Å². The van der Waals surface area contributed by atoms with E-state index in [-0.39, 0.29) is 43.2 Å². The summed E-state index contributed by atoms with van der Waals surface area (Å²) in [6.45, 7) is 0.611. The van der Waals surface area contributed by atoms with Crippen LogP contribution in [0.5, 0.6) is 11.5 Å². The molecule has 7 nitrogen and oxygen atoms in total. The quantitative estimate of drug-likeness (QED) is 0.741. The average molecular weight is 281 g/mol. The van der Waals surface area contributed by atoms with E-state index >= 15 is 0 Å². The third-order valence-corrected chi connectivity index (χ3v) is 3.06. The van der Waals surface area contributed by atoms with Gasteiger partial charge in [-0.1, -0.05) is 6.07 Å². The average Bonchev–Trinajstić information content (AvgIpc) is 2.38. The number of amides is 1. The number of ether oxygens (including phenoxy) is 1. The van der Waals surface area contributed by atoms with E-state index in [0.717, 1.165) is 0 Å². The van der Waals surface area contributed by atoms with Crippen LogP contribution in [0, 0.1) is 0 Å². The lowest BCUT2D eigenvalue weighted by molar-refractivity contribution is -0.141. The first-order valence-corrected chi connectivity index (χ1v) is 6.12. The summed E-state index contributed by atoms with van der Waals surface area (Å²) in [4.78, 5) is 24.3. The second kappa shape index (κ2) is 5.79. The molecule has 1 aliphatic heterocycles. The van der Waals surface area contributed by atoms with Gasteiger partial charge in [-0.2, -0.15) is 0 Å². The van der Waals surface area contributed by atoms with Crippen molar-refractivity contribution in [2.75, 3.05) is 19.7 Å². The summed E-state index contributed by atoms with van der Waals surface area (Å²) >= 11 is 0. The molecule has 0 saturated carbocycles. The van der Waals surface area contributed by atoms with Gasteiger partial charge in [-0.3, -0.25) is 9.59 Å². The molecule has 1 atom stereocenters. The minimum atomic E-state index is -1.00. The maximum Gasteiger partial charge on any atom is 0.306 e. The van der Waals surface area contributed by atoms with Gasteiger partial charge in [0.15, 0.2) is 0 Å². The molecule has 1 fully saturated rings. The predicted octanol–water partition coefficient (Wildman–Crippen LogP) is 0.414. The summed E-state index contributed by atoms with van der Waals surface area (Å²) in [5.74, 6) is -2.17. The number of phenolic OH excluding ortho intramolecular Hbond substituents is 2. The van der Waals surface area contributed by atoms with Crippen LogP contribution in [-0.2, 0) is 9.53 Å². The molecule has 0 aromatic heterocycles. The fourth-order valence-electron chi connectivity index (χ4n) is 2.13. The van der Waals surface area contributed by atoms with Crippen molar-refractivity contribution < 1.29 is 29.6 Å². The molecule has 108 valence electrons. The van der Waals surface area contributed by atoms with E-state index < -0.39 is 18.0 Å². The molecule has 1 aliphatic rings. The summed E-state index contributed by atoms with van der Waals surface area (Å²) in [5, 5.41) is 28.1. The second-order valence-electron chi connectivity index (χ2n) is 4.51. The van der Waals surface area contributed by atoms with Crippen molar-refractivity contribution in [2.24, 2.45) is 0 Å². The highest BCUT2D eigenvalue weighted by atomic mass is 16.5. The van der Waals surface area contributed by atoms with E-state index in [1.165, 1.54) is 23.1 Å². The number of phenols is 2. The minimum absolute atomic E-state index is 0.110. The Bertz CT molecular complexity index is 509. The van der Waals surface area contributed by atoms with Crippen molar-refractivity contribution in [3.05, 3.63) is 23.8 Å². The minimum Gasteiger partial charge on any atom is -0.507 e. The van der Waals surface area contributed by atoms with Crippen LogP contribution in [0.15, 0.2) is 18.2 Å². The molecule has 0 spiro atoms. The molecule has 1 saturated heterocycles. The Balaban J connectivity index is 2.14. The zero-order chi connectivity index (χ0) is 14.7. The lowest BCUT2D eigenvalue weighted by Crippen LogP contribution is -2.46. The number of hydrogen-bond donors (Lipinski definition) is 3. The SMILES string of the molecule is O=C(O)CC1CN(C(=O)c2c(O)cccc2O)CCO1. The van der Waals surface area contributed by atoms with E-state index in [2.05, 4.69) is 0 Å². The highest BCUT2D eigenvalue weighted by Gasteiger charge is 2.29. The van der Waals surface area contributed by atoms with Crippen LogP contribution >= 0.6 is 0 Å². The fraction of sp³-hybridized carbons (Fsp3) is 0.385. The maximum atomic E-state index is 12.3. The molecule has 1 heterocycles. The van der Waals surface area contributed by atoms with Gasteiger partial charge in [-0.15, -0.1) is 0 Å². The van der Waals surface area contributed by atoms with Gasteiger partial charge >= 0.3 is 5.97 Å². The molecule has 1 unspecified atom stereocenters. The number of carboxylic acid groups (broad SMARTS) is 1. The standard InChI is InChI=1S/C13H15NO6/c15-9-2-1-3-10(16)12(9)13(19)14-4-5-20-8(7-14)6-11(17)18/h1-3,8,15-16H,4-7H2,(H,17,18). The van der Waals surface area contributed by atoms with Crippen LogP contribution in [0.4, 0.5) is 0 Å². The number of aromatic hydroxyl groups is 2. The van der Waals surface area contributed by atoms with Crippen LogP contribution in [-0.4, -0.2) is 57.9 Å². The molecule has 3 N–H and O–H groups in total. The Morgan fingerprint density at radius 3 is 2.55 bits per heavy atom. The normalized spacial score (nSPS) is 18.8. The molecule has 7 heteroatoms. The number of nitrogens with zero attached hydrogens (tertiary/aromatic N) is 1. The Hall–Kier alpha value is -2.28. The molecule has 1 aromatic rings. The van der Waals surface area contributed by atoms with E-state index in [0.29, 0.717) is 0 Å². The summed E-state index contributed by atoms with van der Waals surface area (Å²) in [6.07, 6.45) is -0.783. The van der Waals surface area contributed by atoms with Gasteiger partial charge < -0.3 is 25.0 Å². The van der Waals surface area contributed by atoms with Gasteiger partial charge in [0, 0.05) is 13.1 Å². The topological polar surface area (TPSA) is 107 Å². The molecule has 0 bridgehead atoms. The van der Waals surface area contributed by atoms with Crippen molar-refractivity contribution in [3.63, 3.8) is 0 Å². The van der Waals surface area contributed by atoms with Gasteiger partial charge in [0.05, 0.1) is 19.1 Å². The number of hydrogen-bond acceptors (Lipinski definition) is 5. The first kappa shape index (κ1) is 14.1. The van der Waals surface area contributed by atoms with Crippen molar-refractivity contribution in [3.8, 4) is 11.5 Å². The van der Waals surface area contributed by atoms with Crippen molar-refractivity contribution in [1.82, 2.24) is 4.90 Å². The predicted molar refractivity (Wildman–Crippen MR) is 67.7 cm³/mol. The lowest BCUT2D eigenvalue weighted by atomic mass is 10.1. The third kappa shape index (κ3) is 3.00. The Morgan fingerprint density at radius 1 is 1.30 bits per heavy atom. The molecule has 2 rings (SSSR count). The maximum absolute atomic E-state index is 12.3. The van der Waals surface area contributed by atoms with Gasteiger partial charge in [0.25, 0.3) is 5.91 Å². The van der Waals surface area contributed by atoms with Crippen molar-refractivity contribution in [1.29, 1.82) is 0 Å². The number of carbonyl (C=O) groups is 2. The lowest BCUT2D eigenvalue weighted by Gasteiger charge is -2.32. The molecular weight excluding hydrogens is 266 g/mol. The van der Waals surface area contributed by atoms with Crippen LogP contribution in [0.2, 0.25) is 0 Å². The van der Waals surface area contributed by atoms with Crippen LogP contribution in [0.3, 0.4) is 0 Å². The second-order valence-corrected chi connectivity index (χ2v) is 4.51. The number of morpholine rings is 1. The van der Waals surface area contributed by atoms with Gasteiger partial charge in [0.2, 0.25) is 0 Å². The third-order valence-electron chi connectivity index (χ3n) is 3.06. The Kier molecular flexibility index (Phi) is 4.09. The smallest absolute Gasteiger partial charge is 0.306 e. The van der Waals surface area contributed by atoms with Crippen LogP contribution in [0.1, 0.15) is 16.8 Å². The summed E-state index contributed by atoms with van der Waals surface area (Å²) in [6, 6.07) is 4.04. The van der Waals surface area contributed by atoms with Gasteiger partial charge in [-0.05, 0) is 12.1 Å². The zero-order valence-corrected chi connectivity index (χ0v) is 10.7.